The van der Waals surface area contributed by atoms with Crippen LogP contribution in [-0.2, 0) is 19.5 Å². The Hall–Kier alpha value is -1.46. The number of nitrogens with one attached hydrogen (secondary N) is 2. The summed E-state index contributed by atoms with van der Waals surface area (Å²) in [5.74, 6) is 0.961. The summed E-state index contributed by atoms with van der Waals surface area (Å²) in [6.07, 6.45) is 4.88. The molecule has 0 spiro atoms. The minimum Gasteiger partial charge on any atom is -0.344 e. The number of aromatic amines is 1. The average molecular weight is 280 g/mol. The molecule has 0 radical (unpaired) electrons. The topological polar surface area (TPSA) is 66.5 Å². The minimum atomic E-state index is 0.553. The van der Waals surface area contributed by atoms with Crippen LogP contribution in [0.15, 0.2) is 18.3 Å². The second-order valence-electron chi connectivity index (χ2n) is 4.37. The largest absolute Gasteiger partial charge is 0.344 e. The number of unbranched alkanes of at least 4 members (excludes halogenated alkanes) is 1. The number of aryl methyl sites for hydroxylation is 1. The summed E-state index contributed by atoms with van der Waals surface area (Å²) in [4.78, 5) is 7.58. The molecule has 2 aromatic rings. The number of hydrogen-bond acceptors (Lipinski definition) is 4. The van der Waals surface area contributed by atoms with Crippen LogP contribution in [-0.4, -0.2) is 20.2 Å². The molecule has 2 rings (SSSR count). The highest BCUT2D eigenvalue weighted by Crippen LogP contribution is 2.14. The van der Waals surface area contributed by atoms with E-state index in [1.165, 1.54) is 0 Å². The lowest BCUT2D eigenvalue weighted by Crippen LogP contribution is -2.14. The number of hydrogen-bond donors (Lipinski definition) is 2. The zero-order valence-electron chi connectivity index (χ0n) is 11.0. The maximum atomic E-state index is 6.10. The van der Waals surface area contributed by atoms with Crippen molar-refractivity contribution in [2.45, 2.75) is 39.3 Å². The molecule has 0 aliphatic heterocycles. The molecule has 0 fully saturated rings. The Labute approximate surface area is 117 Å². The molecule has 0 bridgehead atoms. The van der Waals surface area contributed by atoms with Crippen molar-refractivity contribution in [1.82, 2.24) is 25.5 Å². The molecular weight excluding hydrogens is 262 g/mol. The summed E-state index contributed by atoms with van der Waals surface area (Å²) in [7, 11) is 0. The van der Waals surface area contributed by atoms with Gasteiger partial charge in [0.15, 0.2) is 5.15 Å². The van der Waals surface area contributed by atoms with Crippen LogP contribution in [0.4, 0.5) is 0 Å². The molecule has 19 heavy (non-hydrogen) atoms. The lowest BCUT2D eigenvalue weighted by atomic mass is 10.2. The minimum absolute atomic E-state index is 0.553. The summed E-state index contributed by atoms with van der Waals surface area (Å²) in [6, 6.07) is 3.80. The molecule has 2 aromatic heterocycles. The fourth-order valence-electron chi connectivity index (χ4n) is 1.76. The van der Waals surface area contributed by atoms with Crippen LogP contribution in [0.3, 0.4) is 0 Å². The standard InChI is InChI=1S/C13H18ClN5/c1-2-3-6-12-17-11(13(14)18-12)9-15-8-10-5-4-7-16-19-10/h4-5,7,15H,2-3,6,8-9H2,1H3,(H,17,18). The van der Waals surface area contributed by atoms with E-state index in [0.717, 1.165) is 36.5 Å². The highest BCUT2D eigenvalue weighted by atomic mass is 35.5. The predicted molar refractivity (Wildman–Crippen MR) is 74.8 cm³/mol. The molecule has 2 N–H and O–H groups in total. The smallest absolute Gasteiger partial charge is 0.151 e. The molecule has 6 heteroatoms. The van der Waals surface area contributed by atoms with E-state index < -0.39 is 0 Å². The van der Waals surface area contributed by atoms with Gasteiger partial charge >= 0.3 is 0 Å². The van der Waals surface area contributed by atoms with Crippen LogP contribution in [0.2, 0.25) is 5.15 Å². The van der Waals surface area contributed by atoms with Gasteiger partial charge in [0.05, 0.1) is 11.4 Å². The normalized spacial score (nSPS) is 10.8. The van der Waals surface area contributed by atoms with Crippen molar-refractivity contribution in [3.8, 4) is 0 Å². The van der Waals surface area contributed by atoms with E-state index in [4.69, 9.17) is 11.6 Å². The van der Waals surface area contributed by atoms with Crippen LogP contribution in [0.5, 0.6) is 0 Å². The van der Waals surface area contributed by atoms with Crippen LogP contribution >= 0.6 is 11.6 Å². The van der Waals surface area contributed by atoms with E-state index in [0.29, 0.717) is 18.2 Å². The Bertz CT molecular complexity index is 497. The third-order valence-corrected chi connectivity index (χ3v) is 3.09. The van der Waals surface area contributed by atoms with Gasteiger partial charge in [0.1, 0.15) is 5.82 Å². The molecule has 0 unspecified atom stereocenters. The molecule has 0 aliphatic carbocycles. The van der Waals surface area contributed by atoms with Gasteiger partial charge in [0.25, 0.3) is 0 Å². The van der Waals surface area contributed by atoms with Crippen molar-refractivity contribution in [3.05, 3.63) is 40.7 Å². The highest BCUT2D eigenvalue weighted by Gasteiger charge is 2.07. The second kappa shape index (κ2) is 7.21. The number of nitrogens with zero attached hydrogens (tertiary/aromatic N) is 3. The summed E-state index contributed by atoms with van der Waals surface area (Å²) >= 11 is 6.10. The molecule has 0 atom stereocenters. The summed E-state index contributed by atoms with van der Waals surface area (Å²) in [6.45, 7) is 3.47. The SMILES string of the molecule is CCCCc1nc(Cl)c(CNCc2cccnn2)[nH]1. The third kappa shape index (κ3) is 4.29. The van der Waals surface area contributed by atoms with Gasteiger partial charge in [-0.15, -0.1) is 0 Å². The molecule has 0 aliphatic rings. The Morgan fingerprint density at radius 2 is 2.26 bits per heavy atom. The molecule has 0 saturated carbocycles. The molecule has 2 heterocycles. The van der Waals surface area contributed by atoms with E-state index in [1.807, 2.05) is 12.1 Å². The number of halogens is 1. The fourth-order valence-corrected chi connectivity index (χ4v) is 1.98. The first kappa shape index (κ1) is 14.0. The molecule has 102 valence electrons. The van der Waals surface area contributed by atoms with Crippen LogP contribution in [0, 0.1) is 0 Å². The van der Waals surface area contributed by atoms with E-state index in [-0.39, 0.29) is 0 Å². The summed E-state index contributed by atoms with van der Waals surface area (Å²) in [5.41, 5.74) is 1.83. The van der Waals surface area contributed by atoms with Gasteiger partial charge in [0, 0.05) is 25.7 Å². The Kier molecular flexibility index (Phi) is 5.30. The van der Waals surface area contributed by atoms with Gasteiger partial charge in [0.2, 0.25) is 0 Å². The molecular formula is C13H18ClN5. The zero-order chi connectivity index (χ0) is 13.5. The van der Waals surface area contributed by atoms with Crippen LogP contribution in [0.1, 0.15) is 37.0 Å². The van der Waals surface area contributed by atoms with Crippen molar-refractivity contribution in [3.63, 3.8) is 0 Å². The van der Waals surface area contributed by atoms with Gasteiger partial charge in [-0.1, -0.05) is 24.9 Å². The zero-order valence-corrected chi connectivity index (χ0v) is 11.7. The lowest BCUT2D eigenvalue weighted by molar-refractivity contribution is 0.659. The maximum Gasteiger partial charge on any atom is 0.151 e. The molecule has 0 aromatic carbocycles. The first-order valence-corrected chi connectivity index (χ1v) is 6.88. The number of aromatic nitrogens is 4. The predicted octanol–water partition coefficient (Wildman–Crippen LogP) is 2.49. The van der Waals surface area contributed by atoms with Crippen LogP contribution < -0.4 is 5.32 Å². The average Bonchev–Trinajstić information content (AvgIpc) is 2.78. The Morgan fingerprint density at radius 3 is 3.00 bits per heavy atom. The van der Waals surface area contributed by atoms with Gasteiger partial charge < -0.3 is 10.3 Å². The van der Waals surface area contributed by atoms with Crippen molar-refractivity contribution >= 4 is 11.6 Å². The summed E-state index contributed by atoms with van der Waals surface area (Å²) in [5, 5.41) is 11.7. The van der Waals surface area contributed by atoms with Crippen molar-refractivity contribution in [1.29, 1.82) is 0 Å². The maximum absolute atomic E-state index is 6.10. The van der Waals surface area contributed by atoms with Gasteiger partial charge in [-0.25, -0.2) is 4.98 Å². The van der Waals surface area contributed by atoms with Crippen molar-refractivity contribution in [2.75, 3.05) is 0 Å². The van der Waals surface area contributed by atoms with E-state index >= 15 is 0 Å². The van der Waals surface area contributed by atoms with E-state index in [9.17, 15) is 0 Å². The number of imidazole rings is 1. The molecule has 0 saturated heterocycles. The number of H-pyrrole nitrogens is 1. The summed E-state index contributed by atoms with van der Waals surface area (Å²) < 4.78 is 0. The second-order valence-corrected chi connectivity index (χ2v) is 4.73. The van der Waals surface area contributed by atoms with E-state index in [2.05, 4.69) is 32.4 Å². The van der Waals surface area contributed by atoms with Crippen LogP contribution in [0.25, 0.3) is 0 Å². The number of rotatable bonds is 7. The van der Waals surface area contributed by atoms with E-state index in [1.54, 1.807) is 6.20 Å². The van der Waals surface area contributed by atoms with Gasteiger partial charge in [-0.2, -0.15) is 10.2 Å². The Balaban J connectivity index is 1.84. The highest BCUT2D eigenvalue weighted by molar-refractivity contribution is 6.30. The first-order chi connectivity index (χ1) is 9.29. The monoisotopic (exact) mass is 279 g/mol. The molecule has 0 amide bonds. The first-order valence-electron chi connectivity index (χ1n) is 6.50. The third-order valence-electron chi connectivity index (χ3n) is 2.78. The Morgan fingerprint density at radius 1 is 1.37 bits per heavy atom. The van der Waals surface area contributed by atoms with Gasteiger partial charge in [-0.05, 0) is 18.6 Å². The quantitative estimate of drug-likeness (QED) is 0.817. The van der Waals surface area contributed by atoms with Gasteiger partial charge in [-0.3, -0.25) is 0 Å². The molecule has 5 nitrogen and oxygen atoms in total. The van der Waals surface area contributed by atoms with Crippen molar-refractivity contribution < 1.29 is 0 Å². The lowest BCUT2D eigenvalue weighted by Gasteiger charge is -2.02. The van der Waals surface area contributed by atoms with Crippen molar-refractivity contribution in [2.24, 2.45) is 0 Å². The fraction of sp³-hybridized carbons (Fsp3) is 0.462.